The second kappa shape index (κ2) is 4.74. The number of carbonyl (C=O) groups is 1. The van der Waals surface area contributed by atoms with Crippen LogP contribution in [0, 0.1) is 11.3 Å². The Morgan fingerprint density at radius 3 is 2.37 bits per heavy atom. The van der Waals surface area contributed by atoms with Crippen molar-refractivity contribution < 1.29 is 13.2 Å². The van der Waals surface area contributed by atoms with Gasteiger partial charge in [-0.15, -0.1) is 0 Å². The van der Waals surface area contributed by atoms with Crippen LogP contribution in [0.25, 0.3) is 0 Å². The second-order valence-electron chi connectivity index (χ2n) is 6.69. The molecule has 1 unspecified atom stereocenters. The van der Waals surface area contributed by atoms with Crippen LogP contribution < -0.4 is 11.1 Å². The van der Waals surface area contributed by atoms with Gasteiger partial charge in [0.2, 0.25) is 5.91 Å². The lowest BCUT2D eigenvalue weighted by Gasteiger charge is -2.30. The summed E-state index contributed by atoms with van der Waals surface area (Å²) in [7, 11) is -3.02. The molecular weight excluding hydrogens is 264 g/mol. The van der Waals surface area contributed by atoms with E-state index in [0.717, 1.165) is 25.7 Å². The number of hydrogen-bond acceptors (Lipinski definition) is 4. The smallest absolute Gasteiger partial charge is 0.221 e. The third-order valence-corrected chi connectivity index (χ3v) is 5.53. The zero-order chi connectivity index (χ0) is 14.3. The minimum Gasteiger partial charge on any atom is -0.349 e. The molecule has 2 rings (SSSR count). The van der Waals surface area contributed by atoms with Crippen molar-refractivity contribution in [2.45, 2.75) is 44.6 Å². The number of sulfone groups is 1. The Hall–Kier alpha value is -0.620. The molecule has 2 aliphatic carbocycles. The van der Waals surface area contributed by atoms with Gasteiger partial charge in [-0.25, -0.2) is 8.42 Å². The molecule has 110 valence electrons. The fourth-order valence-electron chi connectivity index (χ4n) is 2.85. The summed E-state index contributed by atoms with van der Waals surface area (Å²) in [4.78, 5) is 12.1. The minimum atomic E-state index is -3.02. The molecule has 6 heteroatoms. The van der Waals surface area contributed by atoms with Crippen molar-refractivity contribution in [1.82, 2.24) is 5.32 Å². The average Bonchev–Trinajstić information content (AvgIpc) is 3.09. The molecule has 0 aromatic heterocycles. The molecule has 1 amide bonds. The Balaban J connectivity index is 1.91. The highest BCUT2D eigenvalue weighted by molar-refractivity contribution is 7.90. The Morgan fingerprint density at radius 1 is 1.42 bits per heavy atom. The quantitative estimate of drug-likeness (QED) is 0.711. The zero-order valence-electron chi connectivity index (χ0n) is 11.7. The van der Waals surface area contributed by atoms with Gasteiger partial charge in [0.1, 0.15) is 9.84 Å². The number of hydrogen-bond donors (Lipinski definition) is 2. The lowest BCUT2D eigenvalue weighted by Crippen LogP contribution is -2.53. The fourth-order valence-corrected chi connectivity index (χ4v) is 4.35. The molecule has 5 nitrogen and oxygen atoms in total. The van der Waals surface area contributed by atoms with Crippen LogP contribution in [-0.2, 0) is 14.6 Å². The highest BCUT2D eigenvalue weighted by Crippen LogP contribution is 2.50. The van der Waals surface area contributed by atoms with Crippen LogP contribution in [-0.4, -0.2) is 38.4 Å². The molecule has 0 heterocycles. The van der Waals surface area contributed by atoms with Gasteiger partial charge in [0, 0.05) is 19.2 Å². The molecule has 3 N–H and O–H groups in total. The molecule has 0 aliphatic heterocycles. The minimum absolute atomic E-state index is 0.0546. The van der Waals surface area contributed by atoms with Crippen LogP contribution in [0.1, 0.15) is 39.0 Å². The van der Waals surface area contributed by atoms with Gasteiger partial charge < -0.3 is 11.1 Å². The molecule has 0 radical (unpaired) electrons. The van der Waals surface area contributed by atoms with E-state index >= 15 is 0 Å². The van der Waals surface area contributed by atoms with E-state index in [1.807, 2.05) is 6.92 Å². The number of nitrogens with one attached hydrogen (secondary N) is 1. The summed E-state index contributed by atoms with van der Waals surface area (Å²) in [5.41, 5.74) is 5.14. The van der Waals surface area contributed by atoms with Gasteiger partial charge in [-0.05, 0) is 43.9 Å². The first-order chi connectivity index (χ1) is 8.68. The summed E-state index contributed by atoms with van der Waals surface area (Å²) >= 11 is 0. The van der Waals surface area contributed by atoms with E-state index in [1.165, 1.54) is 6.26 Å². The molecule has 0 spiro atoms. The first-order valence-electron chi connectivity index (χ1n) is 6.87. The summed E-state index contributed by atoms with van der Waals surface area (Å²) in [5.74, 6) is 0.545. The zero-order valence-corrected chi connectivity index (χ0v) is 12.6. The van der Waals surface area contributed by atoms with E-state index in [-0.39, 0.29) is 22.6 Å². The molecule has 0 saturated heterocycles. The lowest BCUT2D eigenvalue weighted by molar-refractivity contribution is -0.124. The SMILES string of the molecule is CC(CN)(NC(=O)CC1(CS(C)(=O)=O)CC1)C1CC1. The Labute approximate surface area is 115 Å². The Morgan fingerprint density at radius 2 is 2.00 bits per heavy atom. The Kier molecular flexibility index (Phi) is 3.68. The van der Waals surface area contributed by atoms with Gasteiger partial charge >= 0.3 is 0 Å². The van der Waals surface area contributed by atoms with Crippen LogP contribution in [0.5, 0.6) is 0 Å². The third-order valence-electron chi connectivity index (χ3n) is 4.39. The van der Waals surface area contributed by atoms with E-state index in [2.05, 4.69) is 5.32 Å². The van der Waals surface area contributed by atoms with Crippen molar-refractivity contribution >= 4 is 15.7 Å². The third kappa shape index (κ3) is 3.92. The van der Waals surface area contributed by atoms with Crippen LogP contribution in [0.2, 0.25) is 0 Å². The van der Waals surface area contributed by atoms with Gasteiger partial charge in [-0.2, -0.15) is 0 Å². The number of amides is 1. The van der Waals surface area contributed by atoms with Crippen molar-refractivity contribution in [2.24, 2.45) is 17.1 Å². The number of carbonyl (C=O) groups excluding carboxylic acids is 1. The topological polar surface area (TPSA) is 89.3 Å². The summed E-state index contributed by atoms with van der Waals surface area (Å²) in [6.45, 7) is 2.42. The van der Waals surface area contributed by atoms with Crippen molar-refractivity contribution in [2.75, 3.05) is 18.6 Å². The molecule has 0 aromatic rings. The molecule has 2 aliphatic rings. The van der Waals surface area contributed by atoms with Crippen molar-refractivity contribution in [3.05, 3.63) is 0 Å². The number of rotatable bonds is 7. The molecular formula is C13H24N2O3S. The maximum absolute atomic E-state index is 12.1. The van der Waals surface area contributed by atoms with Crippen LogP contribution in [0.4, 0.5) is 0 Å². The second-order valence-corrected chi connectivity index (χ2v) is 8.83. The first kappa shape index (κ1) is 14.8. The molecule has 19 heavy (non-hydrogen) atoms. The average molecular weight is 288 g/mol. The summed E-state index contributed by atoms with van der Waals surface area (Å²) < 4.78 is 22.8. The summed E-state index contributed by atoms with van der Waals surface area (Å²) in [6.07, 6.45) is 5.43. The highest BCUT2D eigenvalue weighted by Gasteiger charge is 2.48. The van der Waals surface area contributed by atoms with E-state index in [1.54, 1.807) is 0 Å². The molecule has 0 bridgehead atoms. The maximum atomic E-state index is 12.1. The van der Waals surface area contributed by atoms with Gasteiger partial charge in [0.05, 0.1) is 11.3 Å². The van der Waals surface area contributed by atoms with Crippen LogP contribution in [0.3, 0.4) is 0 Å². The number of nitrogens with two attached hydrogens (primary N) is 1. The van der Waals surface area contributed by atoms with Gasteiger partial charge in [-0.1, -0.05) is 0 Å². The maximum Gasteiger partial charge on any atom is 0.221 e. The van der Waals surface area contributed by atoms with Crippen molar-refractivity contribution in [3.8, 4) is 0 Å². The molecule has 2 saturated carbocycles. The normalized spacial score (nSPS) is 24.6. The van der Waals surface area contributed by atoms with E-state index < -0.39 is 9.84 Å². The van der Waals surface area contributed by atoms with Gasteiger partial charge in [-0.3, -0.25) is 4.79 Å². The lowest BCUT2D eigenvalue weighted by atomic mass is 9.94. The van der Waals surface area contributed by atoms with Crippen molar-refractivity contribution in [3.63, 3.8) is 0 Å². The summed E-state index contributed by atoms with van der Waals surface area (Å²) in [6, 6.07) is 0. The predicted octanol–water partition coefficient (Wildman–Crippen LogP) is 0.445. The highest BCUT2D eigenvalue weighted by atomic mass is 32.2. The fraction of sp³-hybridized carbons (Fsp3) is 0.923. The Bertz CT molecular complexity index is 466. The van der Waals surface area contributed by atoms with E-state index in [4.69, 9.17) is 5.73 Å². The molecule has 2 fully saturated rings. The van der Waals surface area contributed by atoms with E-state index in [9.17, 15) is 13.2 Å². The summed E-state index contributed by atoms with van der Waals surface area (Å²) in [5, 5.41) is 3.03. The van der Waals surface area contributed by atoms with Crippen LogP contribution in [0.15, 0.2) is 0 Å². The monoisotopic (exact) mass is 288 g/mol. The predicted molar refractivity (Wildman–Crippen MR) is 74.3 cm³/mol. The van der Waals surface area contributed by atoms with E-state index in [0.29, 0.717) is 18.9 Å². The molecule has 1 atom stereocenters. The van der Waals surface area contributed by atoms with Crippen LogP contribution >= 0.6 is 0 Å². The van der Waals surface area contributed by atoms with Gasteiger partial charge in [0.25, 0.3) is 0 Å². The largest absolute Gasteiger partial charge is 0.349 e. The molecule has 0 aromatic carbocycles. The first-order valence-corrected chi connectivity index (χ1v) is 8.93. The van der Waals surface area contributed by atoms with Gasteiger partial charge in [0.15, 0.2) is 0 Å². The standard InChI is InChI=1S/C13H24N2O3S/c1-12(8-14,10-3-4-10)15-11(16)7-13(5-6-13)9-19(2,17)18/h10H,3-9,14H2,1-2H3,(H,15,16). The van der Waals surface area contributed by atoms with Crippen molar-refractivity contribution in [1.29, 1.82) is 0 Å².